The molecular weight excluding hydrogens is 290 g/mol. The van der Waals surface area contributed by atoms with Crippen molar-refractivity contribution in [2.24, 2.45) is 0 Å². The molecule has 21 heavy (non-hydrogen) atoms. The molecule has 0 amide bonds. The number of phenols is 1. The number of hydrogen-bond donors (Lipinski definition) is 3. The van der Waals surface area contributed by atoms with Crippen LogP contribution in [0.3, 0.4) is 0 Å². The number of carboxylic acids is 1. The summed E-state index contributed by atoms with van der Waals surface area (Å²) in [6.45, 7) is 0. The van der Waals surface area contributed by atoms with Crippen LogP contribution in [0.2, 0.25) is 5.02 Å². The number of hydrogen-bond acceptors (Lipinski definition) is 3. The van der Waals surface area contributed by atoms with Crippen LogP contribution in [0, 0.1) is 0 Å². The summed E-state index contributed by atoms with van der Waals surface area (Å²) in [5.41, 5.74) is 2.80. The van der Waals surface area contributed by atoms with E-state index >= 15 is 0 Å². The van der Waals surface area contributed by atoms with Crippen molar-refractivity contribution >= 4 is 23.3 Å². The summed E-state index contributed by atoms with van der Waals surface area (Å²) in [4.78, 5) is 11.1. The van der Waals surface area contributed by atoms with E-state index in [1.54, 1.807) is 18.2 Å². The van der Waals surface area contributed by atoms with Gasteiger partial charge in [-0.15, -0.1) is 0 Å². The van der Waals surface area contributed by atoms with Crippen molar-refractivity contribution in [2.75, 3.05) is 5.32 Å². The minimum atomic E-state index is -1.05. The van der Waals surface area contributed by atoms with Gasteiger partial charge in [0, 0.05) is 5.69 Å². The normalized spacial score (nSPS) is 16.5. The maximum absolute atomic E-state index is 11.1. The van der Waals surface area contributed by atoms with Crippen LogP contribution >= 0.6 is 11.6 Å². The van der Waals surface area contributed by atoms with Crippen LogP contribution in [0.4, 0.5) is 5.69 Å². The van der Waals surface area contributed by atoms with Crippen LogP contribution < -0.4 is 5.32 Å². The smallest absolute Gasteiger partial charge is 0.337 e. The summed E-state index contributed by atoms with van der Waals surface area (Å²) in [5, 5.41) is 22.5. The molecule has 0 saturated heterocycles. The summed E-state index contributed by atoms with van der Waals surface area (Å²) in [6.07, 6.45) is 1.66. The fraction of sp³-hybridized carbons (Fsp3) is 0.188. The number of nitrogens with one attached hydrogen (secondary N) is 1. The highest BCUT2D eigenvalue weighted by Gasteiger charge is 2.24. The maximum atomic E-state index is 11.1. The van der Waals surface area contributed by atoms with E-state index in [1.165, 1.54) is 6.07 Å². The first-order valence-corrected chi connectivity index (χ1v) is 7.04. The van der Waals surface area contributed by atoms with Crippen LogP contribution in [-0.2, 0) is 6.42 Å². The first-order chi connectivity index (χ1) is 10.1. The minimum absolute atomic E-state index is 0.0647. The highest BCUT2D eigenvalue weighted by Crippen LogP contribution is 2.38. The second-order valence-electron chi connectivity index (χ2n) is 5.08. The largest absolute Gasteiger partial charge is 0.508 e. The van der Waals surface area contributed by atoms with Gasteiger partial charge in [-0.2, -0.15) is 0 Å². The lowest BCUT2D eigenvalue weighted by atomic mass is 10.1. The molecular formula is C16H14ClNO3. The van der Waals surface area contributed by atoms with Crippen molar-refractivity contribution < 1.29 is 15.0 Å². The van der Waals surface area contributed by atoms with Gasteiger partial charge >= 0.3 is 5.97 Å². The van der Waals surface area contributed by atoms with Crippen molar-refractivity contribution in [2.45, 2.75) is 18.9 Å². The summed E-state index contributed by atoms with van der Waals surface area (Å²) in [5.74, 6) is -0.729. The van der Waals surface area contributed by atoms with Crippen LogP contribution in [0.5, 0.6) is 5.75 Å². The Labute approximate surface area is 127 Å². The number of benzene rings is 2. The number of phenolic OH excluding ortho intramolecular Hbond substituents is 1. The molecule has 3 N–H and O–H groups in total. The van der Waals surface area contributed by atoms with E-state index in [9.17, 15) is 9.90 Å². The molecule has 0 radical (unpaired) electrons. The number of carbonyl (C=O) groups is 1. The average Bonchev–Trinajstić information content (AvgIpc) is 2.85. The molecule has 0 aromatic heterocycles. The van der Waals surface area contributed by atoms with Crippen molar-refractivity contribution in [1.82, 2.24) is 0 Å². The molecule has 4 nitrogen and oxygen atoms in total. The van der Waals surface area contributed by atoms with Crippen molar-refractivity contribution in [3.8, 4) is 5.75 Å². The molecule has 1 atom stereocenters. The number of rotatable bonds is 3. The van der Waals surface area contributed by atoms with Gasteiger partial charge in [-0.1, -0.05) is 23.7 Å². The number of aromatic carboxylic acids is 1. The first kappa shape index (κ1) is 13.8. The van der Waals surface area contributed by atoms with Crippen LogP contribution in [0.1, 0.15) is 33.9 Å². The Morgan fingerprint density at radius 2 is 2.10 bits per heavy atom. The van der Waals surface area contributed by atoms with Crippen LogP contribution in [-0.4, -0.2) is 16.2 Å². The molecule has 108 valence electrons. The Morgan fingerprint density at radius 1 is 1.29 bits per heavy atom. The third-order valence-electron chi connectivity index (χ3n) is 3.78. The van der Waals surface area contributed by atoms with E-state index in [0.717, 1.165) is 24.0 Å². The van der Waals surface area contributed by atoms with E-state index in [2.05, 4.69) is 5.32 Å². The van der Waals surface area contributed by atoms with E-state index in [-0.39, 0.29) is 16.6 Å². The van der Waals surface area contributed by atoms with E-state index in [1.807, 2.05) is 12.1 Å². The summed E-state index contributed by atoms with van der Waals surface area (Å²) in [6, 6.07) is 10.4. The molecule has 0 heterocycles. The number of fused-ring (bicyclic) bond motifs is 1. The predicted octanol–water partition coefficient (Wildman–Crippen LogP) is 3.84. The zero-order valence-corrected chi connectivity index (χ0v) is 11.9. The molecule has 0 aliphatic heterocycles. The first-order valence-electron chi connectivity index (χ1n) is 6.66. The van der Waals surface area contributed by atoms with Gasteiger partial charge in [0.2, 0.25) is 0 Å². The van der Waals surface area contributed by atoms with Crippen molar-refractivity contribution in [1.29, 1.82) is 0 Å². The van der Waals surface area contributed by atoms with Crippen LogP contribution in [0.25, 0.3) is 0 Å². The van der Waals surface area contributed by atoms with Gasteiger partial charge in [0.05, 0.1) is 16.6 Å². The summed E-state index contributed by atoms with van der Waals surface area (Å²) >= 11 is 5.87. The van der Waals surface area contributed by atoms with E-state index in [0.29, 0.717) is 11.4 Å². The second-order valence-corrected chi connectivity index (χ2v) is 5.49. The summed E-state index contributed by atoms with van der Waals surface area (Å²) in [7, 11) is 0. The molecule has 2 aromatic rings. The highest BCUT2D eigenvalue weighted by atomic mass is 35.5. The average molecular weight is 304 g/mol. The fourth-order valence-electron chi connectivity index (χ4n) is 2.77. The second kappa shape index (κ2) is 5.30. The van der Waals surface area contributed by atoms with E-state index in [4.69, 9.17) is 16.7 Å². The van der Waals surface area contributed by atoms with E-state index < -0.39 is 5.97 Å². The van der Waals surface area contributed by atoms with Gasteiger partial charge in [0.1, 0.15) is 5.75 Å². The molecule has 1 aliphatic rings. The molecule has 1 unspecified atom stereocenters. The van der Waals surface area contributed by atoms with Crippen molar-refractivity contribution in [3.05, 3.63) is 58.1 Å². The SMILES string of the molecule is O=C(O)c1cc(NC2CCc3c(O)cccc32)ccc1Cl. The standard InChI is InChI=1S/C16H14ClNO3/c17-13-6-4-9(8-12(13)16(20)21)18-14-7-5-11-10(14)2-1-3-15(11)19/h1-4,6,8,14,18-19H,5,7H2,(H,20,21). The lowest BCUT2D eigenvalue weighted by Crippen LogP contribution is -2.08. The molecule has 0 spiro atoms. The molecule has 3 rings (SSSR count). The Bertz CT molecular complexity index is 715. The molecule has 5 heteroatoms. The number of aromatic hydroxyl groups is 1. The zero-order valence-electron chi connectivity index (χ0n) is 11.1. The Hall–Kier alpha value is -2.20. The third kappa shape index (κ3) is 2.54. The number of anilines is 1. The fourth-order valence-corrected chi connectivity index (χ4v) is 2.96. The summed E-state index contributed by atoms with van der Waals surface area (Å²) < 4.78 is 0. The van der Waals surface area contributed by atoms with Gasteiger partial charge in [0.15, 0.2) is 0 Å². The quantitative estimate of drug-likeness (QED) is 0.805. The molecule has 0 fully saturated rings. The highest BCUT2D eigenvalue weighted by molar-refractivity contribution is 6.33. The minimum Gasteiger partial charge on any atom is -0.508 e. The van der Waals surface area contributed by atoms with Crippen LogP contribution in [0.15, 0.2) is 36.4 Å². The number of halogens is 1. The Morgan fingerprint density at radius 3 is 2.86 bits per heavy atom. The van der Waals surface area contributed by atoms with Gasteiger partial charge in [-0.05, 0) is 48.2 Å². The van der Waals surface area contributed by atoms with Gasteiger partial charge in [-0.25, -0.2) is 4.79 Å². The molecule has 1 aliphatic carbocycles. The van der Waals surface area contributed by atoms with Crippen molar-refractivity contribution in [3.63, 3.8) is 0 Å². The Balaban J connectivity index is 1.88. The van der Waals surface area contributed by atoms with Gasteiger partial charge < -0.3 is 15.5 Å². The zero-order chi connectivity index (χ0) is 15.0. The maximum Gasteiger partial charge on any atom is 0.337 e. The number of carboxylic acid groups (broad SMARTS) is 1. The predicted molar refractivity (Wildman–Crippen MR) is 81.2 cm³/mol. The molecule has 0 bridgehead atoms. The topological polar surface area (TPSA) is 69.6 Å². The monoisotopic (exact) mass is 303 g/mol. The lowest BCUT2D eigenvalue weighted by molar-refractivity contribution is 0.0697. The molecule has 0 saturated carbocycles. The van der Waals surface area contributed by atoms with Gasteiger partial charge in [0.25, 0.3) is 0 Å². The van der Waals surface area contributed by atoms with Gasteiger partial charge in [-0.3, -0.25) is 0 Å². The third-order valence-corrected chi connectivity index (χ3v) is 4.11. The molecule has 2 aromatic carbocycles. The Kier molecular flexibility index (Phi) is 3.47. The lowest BCUT2D eigenvalue weighted by Gasteiger charge is -2.16.